The average Bonchev–Trinajstić information content (AvgIpc) is 2.91. The van der Waals surface area contributed by atoms with Crippen molar-refractivity contribution in [3.8, 4) is 0 Å². The summed E-state index contributed by atoms with van der Waals surface area (Å²) in [4.78, 5) is 25.9. The molecule has 1 heterocycles. The second-order valence-electron chi connectivity index (χ2n) is 4.76. The van der Waals surface area contributed by atoms with E-state index in [0.29, 0.717) is 5.56 Å². The van der Waals surface area contributed by atoms with Crippen LogP contribution in [0.5, 0.6) is 0 Å². The standard InChI is InChI=1S/C14H17N5O2/c1-19(2)14(21)12(9-6-4-3-5-7-9)16-13(20)10-8-11(15)18-17-10/h3-8,12H,1-2H3,(H,16,20)(H3,15,17,18)/t12-/m0/s1. The minimum Gasteiger partial charge on any atom is -0.382 e. The quantitative estimate of drug-likeness (QED) is 0.763. The normalized spacial score (nSPS) is 11.7. The summed E-state index contributed by atoms with van der Waals surface area (Å²) in [7, 11) is 3.28. The maximum Gasteiger partial charge on any atom is 0.270 e. The van der Waals surface area contributed by atoms with Crippen LogP contribution in [-0.2, 0) is 4.79 Å². The molecule has 21 heavy (non-hydrogen) atoms. The largest absolute Gasteiger partial charge is 0.382 e. The van der Waals surface area contributed by atoms with Crippen molar-refractivity contribution >= 4 is 17.6 Å². The molecular weight excluding hydrogens is 270 g/mol. The average molecular weight is 287 g/mol. The molecule has 0 saturated heterocycles. The number of carbonyl (C=O) groups is 2. The van der Waals surface area contributed by atoms with Gasteiger partial charge in [-0.05, 0) is 5.56 Å². The van der Waals surface area contributed by atoms with Gasteiger partial charge in [0.05, 0.1) is 0 Å². The van der Waals surface area contributed by atoms with Gasteiger partial charge in [0.1, 0.15) is 17.6 Å². The molecule has 1 aromatic carbocycles. The van der Waals surface area contributed by atoms with Crippen LogP contribution in [0.1, 0.15) is 22.1 Å². The maximum absolute atomic E-state index is 12.3. The number of nitrogens with two attached hydrogens (primary N) is 1. The van der Waals surface area contributed by atoms with Crippen molar-refractivity contribution in [2.45, 2.75) is 6.04 Å². The zero-order chi connectivity index (χ0) is 15.4. The molecule has 7 heteroatoms. The SMILES string of the molecule is CN(C)C(=O)[C@@H](NC(=O)c1cc(N)n[nH]1)c1ccccc1. The molecule has 1 atom stereocenters. The molecule has 2 rings (SSSR count). The molecule has 110 valence electrons. The van der Waals surface area contributed by atoms with E-state index in [1.807, 2.05) is 18.2 Å². The Balaban J connectivity index is 2.24. The third-order valence-corrected chi connectivity index (χ3v) is 2.94. The Hall–Kier alpha value is -2.83. The summed E-state index contributed by atoms with van der Waals surface area (Å²) in [6.45, 7) is 0. The molecule has 2 amide bonds. The van der Waals surface area contributed by atoms with Crippen molar-refractivity contribution in [3.63, 3.8) is 0 Å². The lowest BCUT2D eigenvalue weighted by Crippen LogP contribution is -2.40. The van der Waals surface area contributed by atoms with Crippen LogP contribution in [0.25, 0.3) is 0 Å². The van der Waals surface area contributed by atoms with Crippen LogP contribution >= 0.6 is 0 Å². The Kier molecular flexibility index (Phi) is 4.22. The summed E-state index contributed by atoms with van der Waals surface area (Å²) in [6.07, 6.45) is 0. The van der Waals surface area contributed by atoms with Gasteiger partial charge in [0.15, 0.2) is 0 Å². The number of benzene rings is 1. The van der Waals surface area contributed by atoms with Gasteiger partial charge >= 0.3 is 0 Å². The summed E-state index contributed by atoms with van der Waals surface area (Å²) in [5, 5.41) is 8.90. The molecular formula is C14H17N5O2. The monoisotopic (exact) mass is 287 g/mol. The predicted octanol–water partition coefficient (Wildman–Crippen LogP) is 0.551. The lowest BCUT2D eigenvalue weighted by atomic mass is 10.1. The minimum atomic E-state index is -0.766. The predicted molar refractivity (Wildman–Crippen MR) is 78.3 cm³/mol. The molecule has 0 saturated carbocycles. The number of likely N-dealkylation sites (N-methyl/N-ethyl adjacent to an activating group) is 1. The number of nitrogens with zero attached hydrogens (tertiary/aromatic N) is 2. The molecule has 0 spiro atoms. The number of aromatic amines is 1. The smallest absolute Gasteiger partial charge is 0.270 e. The van der Waals surface area contributed by atoms with E-state index in [9.17, 15) is 9.59 Å². The molecule has 0 bridgehead atoms. The third-order valence-electron chi connectivity index (χ3n) is 2.94. The number of nitrogen functional groups attached to an aromatic ring is 1. The highest BCUT2D eigenvalue weighted by molar-refractivity contribution is 5.96. The van der Waals surface area contributed by atoms with Gasteiger partial charge in [0.2, 0.25) is 5.91 Å². The van der Waals surface area contributed by atoms with Crippen molar-refractivity contribution in [1.29, 1.82) is 0 Å². The van der Waals surface area contributed by atoms with Gasteiger partial charge in [-0.2, -0.15) is 5.10 Å². The van der Waals surface area contributed by atoms with E-state index < -0.39 is 11.9 Å². The van der Waals surface area contributed by atoms with Crippen LogP contribution in [-0.4, -0.2) is 41.0 Å². The Morgan fingerprint density at radius 2 is 1.95 bits per heavy atom. The highest BCUT2D eigenvalue weighted by Crippen LogP contribution is 2.15. The number of hydrogen-bond acceptors (Lipinski definition) is 4. The van der Waals surface area contributed by atoms with Gasteiger partial charge in [0.25, 0.3) is 5.91 Å². The summed E-state index contributed by atoms with van der Waals surface area (Å²) in [6, 6.07) is 9.69. The molecule has 0 unspecified atom stereocenters. The molecule has 4 N–H and O–H groups in total. The molecule has 0 aliphatic heterocycles. The van der Waals surface area contributed by atoms with E-state index in [2.05, 4.69) is 15.5 Å². The van der Waals surface area contributed by atoms with E-state index in [-0.39, 0.29) is 17.4 Å². The van der Waals surface area contributed by atoms with Crippen LogP contribution in [0.15, 0.2) is 36.4 Å². The van der Waals surface area contributed by atoms with Crippen LogP contribution in [0, 0.1) is 0 Å². The Bertz CT molecular complexity index is 636. The molecule has 0 radical (unpaired) electrons. The zero-order valence-electron chi connectivity index (χ0n) is 11.8. The first kappa shape index (κ1) is 14.6. The summed E-state index contributed by atoms with van der Waals surface area (Å²) in [5.41, 5.74) is 6.38. The van der Waals surface area contributed by atoms with E-state index in [0.717, 1.165) is 0 Å². The first-order chi connectivity index (χ1) is 9.99. The molecule has 1 aromatic heterocycles. The van der Waals surface area contributed by atoms with Crippen molar-refractivity contribution in [1.82, 2.24) is 20.4 Å². The third kappa shape index (κ3) is 3.38. The number of nitrogens with one attached hydrogen (secondary N) is 2. The van der Waals surface area contributed by atoms with Gasteiger partial charge in [-0.25, -0.2) is 0 Å². The zero-order valence-corrected chi connectivity index (χ0v) is 11.8. The van der Waals surface area contributed by atoms with Crippen LogP contribution in [0.4, 0.5) is 5.82 Å². The van der Waals surface area contributed by atoms with Crippen LogP contribution in [0.2, 0.25) is 0 Å². The molecule has 0 aliphatic rings. The number of hydrogen-bond donors (Lipinski definition) is 3. The maximum atomic E-state index is 12.3. The first-order valence-corrected chi connectivity index (χ1v) is 6.37. The highest BCUT2D eigenvalue weighted by atomic mass is 16.2. The highest BCUT2D eigenvalue weighted by Gasteiger charge is 2.25. The number of anilines is 1. The number of rotatable bonds is 4. The fourth-order valence-electron chi connectivity index (χ4n) is 1.85. The number of carbonyl (C=O) groups excluding carboxylic acids is 2. The topological polar surface area (TPSA) is 104 Å². The second-order valence-corrected chi connectivity index (χ2v) is 4.76. The Morgan fingerprint density at radius 3 is 2.48 bits per heavy atom. The van der Waals surface area contributed by atoms with Gasteiger partial charge in [-0.3, -0.25) is 14.7 Å². The Labute approximate surface area is 122 Å². The van der Waals surface area contributed by atoms with Crippen LogP contribution in [0.3, 0.4) is 0 Å². The molecule has 7 nitrogen and oxygen atoms in total. The van der Waals surface area contributed by atoms with Gasteiger partial charge < -0.3 is 16.0 Å². The first-order valence-electron chi connectivity index (χ1n) is 6.37. The summed E-state index contributed by atoms with van der Waals surface area (Å²) < 4.78 is 0. The van der Waals surface area contributed by atoms with E-state index in [4.69, 9.17) is 5.73 Å². The lowest BCUT2D eigenvalue weighted by molar-refractivity contribution is -0.130. The molecule has 0 aliphatic carbocycles. The number of aromatic nitrogens is 2. The second kappa shape index (κ2) is 6.08. The molecule has 0 fully saturated rings. The minimum absolute atomic E-state index is 0.208. The van der Waals surface area contributed by atoms with E-state index >= 15 is 0 Å². The van der Waals surface area contributed by atoms with Crippen molar-refractivity contribution < 1.29 is 9.59 Å². The van der Waals surface area contributed by atoms with Gasteiger partial charge in [0, 0.05) is 20.2 Å². The Morgan fingerprint density at radius 1 is 1.29 bits per heavy atom. The molecule has 2 aromatic rings. The van der Waals surface area contributed by atoms with Crippen molar-refractivity contribution in [2.24, 2.45) is 0 Å². The lowest BCUT2D eigenvalue weighted by Gasteiger charge is -2.21. The number of amides is 2. The van der Waals surface area contributed by atoms with E-state index in [1.54, 1.807) is 26.2 Å². The fraction of sp³-hybridized carbons (Fsp3) is 0.214. The van der Waals surface area contributed by atoms with Crippen molar-refractivity contribution in [3.05, 3.63) is 47.7 Å². The van der Waals surface area contributed by atoms with Gasteiger partial charge in [-0.15, -0.1) is 0 Å². The van der Waals surface area contributed by atoms with Crippen LogP contribution < -0.4 is 11.1 Å². The summed E-state index contributed by atoms with van der Waals surface area (Å²) >= 11 is 0. The van der Waals surface area contributed by atoms with Gasteiger partial charge in [-0.1, -0.05) is 30.3 Å². The fourth-order valence-corrected chi connectivity index (χ4v) is 1.85. The van der Waals surface area contributed by atoms with Crippen molar-refractivity contribution in [2.75, 3.05) is 19.8 Å². The summed E-state index contributed by atoms with van der Waals surface area (Å²) in [5.74, 6) is -0.444. The number of H-pyrrole nitrogens is 1. The van der Waals surface area contributed by atoms with E-state index in [1.165, 1.54) is 11.0 Å².